The van der Waals surface area contributed by atoms with E-state index in [4.69, 9.17) is 9.47 Å². The summed E-state index contributed by atoms with van der Waals surface area (Å²) in [6.07, 6.45) is 1.76. The number of nitrogens with one attached hydrogen (secondary N) is 1. The summed E-state index contributed by atoms with van der Waals surface area (Å²) < 4.78 is 38.2. The predicted octanol–water partition coefficient (Wildman–Crippen LogP) is 3.31. The number of amides is 1. The third kappa shape index (κ3) is 4.60. The number of hydrogen-bond donors (Lipinski definition) is 1. The number of piperidine rings is 1. The number of carbonyl (C=O) groups is 1. The molecular weight excluding hydrogens is 404 g/mol. The van der Waals surface area contributed by atoms with E-state index in [9.17, 15) is 13.2 Å². The Morgan fingerprint density at radius 1 is 1.10 bits per heavy atom. The number of ether oxygens (including phenoxy) is 2. The van der Waals surface area contributed by atoms with Crippen LogP contribution < -0.4 is 14.8 Å². The highest BCUT2D eigenvalue weighted by molar-refractivity contribution is 7.89. The van der Waals surface area contributed by atoms with E-state index in [1.807, 2.05) is 31.2 Å². The minimum atomic E-state index is -3.76. The summed E-state index contributed by atoms with van der Waals surface area (Å²) in [4.78, 5) is 12.8. The molecule has 0 aliphatic carbocycles. The van der Waals surface area contributed by atoms with Gasteiger partial charge in [0.2, 0.25) is 15.9 Å². The average Bonchev–Trinajstić information content (AvgIpc) is 2.79. The van der Waals surface area contributed by atoms with Gasteiger partial charge in [0.1, 0.15) is 16.4 Å². The molecule has 1 saturated heterocycles. The fourth-order valence-electron chi connectivity index (χ4n) is 3.67. The maximum atomic E-state index is 13.2. The summed E-state index contributed by atoms with van der Waals surface area (Å²) in [7, 11) is -0.838. The van der Waals surface area contributed by atoms with Gasteiger partial charge in [0.25, 0.3) is 0 Å². The lowest BCUT2D eigenvalue weighted by Crippen LogP contribution is -2.41. The molecule has 1 N–H and O–H groups in total. The van der Waals surface area contributed by atoms with Crippen LogP contribution in [0.5, 0.6) is 11.5 Å². The summed E-state index contributed by atoms with van der Waals surface area (Å²) in [5.74, 6) is 0.422. The van der Waals surface area contributed by atoms with Crippen LogP contribution in [0.4, 0.5) is 5.69 Å². The normalized spacial score (nSPS) is 15.6. The summed E-state index contributed by atoms with van der Waals surface area (Å²) in [6, 6.07) is 12.4. The largest absolute Gasteiger partial charge is 0.497 e. The zero-order valence-electron chi connectivity index (χ0n) is 17.6. The van der Waals surface area contributed by atoms with Crippen molar-refractivity contribution >= 4 is 21.6 Å². The van der Waals surface area contributed by atoms with Crippen LogP contribution in [-0.2, 0) is 21.2 Å². The standard InChI is InChI=1S/C22H28N2O5S/c1-4-16-7-5-6-8-19(16)23-22(25)17-11-13-24(14-12-17)30(26,27)21-15-18(28-2)9-10-20(21)29-3/h5-10,15,17H,4,11-14H2,1-3H3,(H,23,25). The number of hydrogen-bond acceptors (Lipinski definition) is 5. The van der Waals surface area contributed by atoms with Gasteiger partial charge in [0, 0.05) is 30.8 Å². The molecule has 7 nitrogen and oxygen atoms in total. The van der Waals surface area contributed by atoms with Crippen molar-refractivity contribution in [3.05, 3.63) is 48.0 Å². The van der Waals surface area contributed by atoms with Crippen LogP contribution in [0, 0.1) is 5.92 Å². The van der Waals surface area contributed by atoms with Gasteiger partial charge in [-0.05, 0) is 43.0 Å². The molecule has 0 radical (unpaired) electrons. The first kappa shape index (κ1) is 22.1. The molecule has 162 valence electrons. The summed E-state index contributed by atoms with van der Waals surface area (Å²) in [5, 5.41) is 3.01. The Balaban J connectivity index is 1.70. The zero-order valence-corrected chi connectivity index (χ0v) is 18.4. The predicted molar refractivity (Wildman–Crippen MR) is 115 cm³/mol. The fourth-order valence-corrected chi connectivity index (χ4v) is 5.31. The fraction of sp³-hybridized carbons (Fsp3) is 0.409. The Morgan fingerprint density at radius 2 is 1.80 bits per heavy atom. The smallest absolute Gasteiger partial charge is 0.246 e. The minimum absolute atomic E-state index is 0.0630. The first-order valence-electron chi connectivity index (χ1n) is 10.0. The lowest BCUT2D eigenvalue weighted by molar-refractivity contribution is -0.120. The van der Waals surface area contributed by atoms with Crippen molar-refractivity contribution < 1.29 is 22.7 Å². The second-order valence-corrected chi connectivity index (χ2v) is 9.10. The van der Waals surface area contributed by atoms with Crippen LogP contribution >= 0.6 is 0 Å². The molecule has 1 heterocycles. The first-order chi connectivity index (χ1) is 14.4. The van der Waals surface area contributed by atoms with Gasteiger partial charge in [0.05, 0.1) is 14.2 Å². The first-order valence-corrected chi connectivity index (χ1v) is 11.5. The third-order valence-electron chi connectivity index (χ3n) is 5.47. The topological polar surface area (TPSA) is 84.9 Å². The second kappa shape index (κ2) is 9.49. The number of nitrogens with zero attached hydrogens (tertiary/aromatic N) is 1. The Bertz CT molecular complexity index is 998. The number of aryl methyl sites for hydroxylation is 1. The van der Waals surface area contributed by atoms with Crippen LogP contribution in [0.15, 0.2) is 47.4 Å². The molecule has 1 aliphatic rings. The van der Waals surface area contributed by atoms with Crippen LogP contribution in [0.2, 0.25) is 0 Å². The van der Waals surface area contributed by atoms with Crippen LogP contribution in [0.3, 0.4) is 0 Å². The number of carbonyl (C=O) groups excluding carboxylic acids is 1. The maximum Gasteiger partial charge on any atom is 0.246 e. The maximum absolute atomic E-state index is 13.2. The molecule has 0 unspecified atom stereocenters. The molecule has 2 aromatic rings. The van der Waals surface area contributed by atoms with Crippen LogP contribution in [-0.4, -0.2) is 45.9 Å². The van der Waals surface area contributed by atoms with E-state index in [1.54, 1.807) is 12.1 Å². The number of benzene rings is 2. The van der Waals surface area contributed by atoms with Crippen molar-refractivity contribution in [2.45, 2.75) is 31.1 Å². The van der Waals surface area contributed by atoms with E-state index in [2.05, 4.69) is 5.32 Å². The van der Waals surface area contributed by atoms with Gasteiger partial charge in [-0.15, -0.1) is 0 Å². The SMILES string of the molecule is CCc1ccccc1NC(=O)C1CCN(S(=O)(=O)c2cc(OC)ccc2OC)CC1. The lowest BCUT2D eigenvalue weighted by Gasteiger charge is -2.31. The van der Waals surface area contributed by atoms with E-state index < -0.39 is 10.0 Å². The van der Waals surface area contributed by atoms with E-state index in [0.717, 1.165) is 17.7 Å². The third-order valence-corrected chi connectivity index (χ3v) is 7.39. The monoisotopic (exact) mass is 432 g/mol. The Labute approximate surface area is 178 Å². The van der Waals surface area contributed by atoms with Gasteiger partial charge >= 0.3 is 0 Å². The Morgan fingerprint density at radius 3 is 2.43 bits per heavy atom. The Hall–Kier alpha value is -2.58. The van der Waals surface area contributed by atoms with Crippen molar-refractivity contribution in [2.75, 3.05) is 32.6 Å². The highest BCUT2D eigenvalue weighted by Gasteiger charge is 2.34. The number of para-hydroxylation sites is 1. The van der Waals surface area contributed by atoms with Crippen molar-refractivity contribution in [3.8, 4) is 11.5 Å². The molecule has 30 heavy (non-hydrogen) atoms. The van der Waals surface area contributed by atoms with Gasteiger partial charge in [-0.25, -0.2) is 8.42 Å². The summed E-state index contributed by atoms with van der Waals surface area (Å²) in [6.45, 7) is 2.59. The lowest BCUT2D eigenvalue weighted by atomic mass is 9.97. The van der Waals surface area contributed by atoms with Crippen LogP contribution in [0.1, 0.15) is 25.3 Å². The average molecular weight is 433 g/mol. The minimum Gasteiger partial charge on any atom is -0.497 e. The number of anilines is 1. The summed E-state index contributed by atoms with van der Waals surface area (Å²) in [5.41, 5.74) is 1.90. The number of sulfonamides is 1. The molecule has 8 heteroatoms. The molecule has 0 bridgehead atoms. The summed E-state index contributed by atoms with van der Waals surface area (Å²) >= 11 is 0. The van der Waals surface area contributed by atoms with Crippen molar-refractivity contribution in [1.82, 2.24) is 4.31 Å². The van der Waals surface area contributed by atoms with E-state index in [-0.39, 0.29) is 35.6 Å². The molecule has 1 fully saturated rings. The highest BCUT2D eigenvalue weighted by atomic mass is 32.2. The van der Waals surface area contributed by atoms with Gasteiger partial charge in [0.15, 0.2) is 0 Å². The molecule has 1 amide bonds. The van der Waals surface area contributed by atoms with Gasteiger partial charge in [-0.2, -0.15) is 4.31 Å². The Kier molecular flexibility index (Phi) is 6.99. The molecule has 3 rings (SSSR count). The van der Waals surface area contributed by atoms with E-state index in [0.29, 0.717) is 18.6 Å². The van der Waals surface area contributed by atoms with Gasteiger partial charge in [-0.3, -0.25) is 4.79 Å². The van der Waals surface area contributed by atoms with E-state index >= 15 is 0 Å². The second-order valence-electron chi connectivity index (χ2n) is 7.20. The van der Waals surface area contributed by atoms with E-state index in [1.165, 1.54) is 24.6 Å². The van der Waals surface area contributed by atoms with Crippen molar-refractivity contribution in [2.24, 2.45) is 5.92 Å². The number of methoxy groups -OCH3 is 2. The highest BCUT2D eigenvalue weighted by Crippen LogP contribution is 2.33. The van der Waals surface area contributed by atoms with Gasteiger partial charge < -0.3 is 14.8 Å². The molecule has 0 spiro atoms. The van der Waals surface area contributed by atoms with Gasteiger partial charge in [-0.1, -0.05) is 25.1 Å². The molecule has 1 aliphatic heterocycles. The zero-order chi connectivity index (χ0) is 21.7. The van der Waals surface area contributed by atoms with Crippen molar-refractivity contribution in [1.29, 1.82) is 0 Å². The molecule has 0 aromatic heterocycles. The quantitative estimate of drug-likeness (QED) is 0.726. The number of rotatable bonds is 7. The molecular formula is C22H28N2O5S. The molecule has 2 aromatic carbocycles. The van der Waals surface area contributed by atoms with Crippen LogP contribution in [0.25, 0.3) is 0 Å². The molecule has 0 saturated carbocycles. The van der Waals surface area contributed by atoms with Crippen molar-refractivity contribution in [3.63, 3.8) is 0 Å². The molecule has 0 atom stereocenters.